The molecule has 5 nitrogen and oxygen atoms in total. The number of nitrogens with zero attached hydrogens (tertiary/aromatic N) is 1. The highest BCUT2D eigenvalue weighted by molar-refractivity contribution is 5.82. The van der Waals surface area contributed by atoms with Gasteiger partial charge < -0.3 is 16.0 Å². The Bertz CT molecular complexity index is 292. The third-order valence-corrected chi connectivity index (χ3v) is 3.77. The molecule has 2 rings (SSSR count). The predicted molar refractivity (Wildman–Crippen MR) is 64.1 cm³/mol. The maximum atomic E-state index is 12.1. The molecule has 2 fully saturated rings. The molecule has 0 aromatic carbocycles. The number of rotatable bonds is 3. The van der Waals surface area contributed by atoms with Gasteiger partial charge in [0.2, 0.25) is 11.8 Å². The molecule has 0 saturated carbocycles. The van der Waals surface area contributed by atoms with Crippen LogP contribution in [0.15, 0.2) is 0 Å². The zero-order chi connectivity index (χ0) is 12.3. The number of carbonyl (C=O) groups excluding carboxylic acids is 2. The molecular formula is C12H21N3O2. The van der Waals surface area contributed by atoms with Crippen molar-refractivity contribution in [3.63, 3.8) is 0 Å². The van der Waals surface area contributed by atoms with Gasteiger partial charge >= 0.3 is 0 Å². The van der Waals surface area contributed by atoms with Crippen LogP contribution in [0.3, 0.4) is 0 Å². The Kier molecular flexibility index (Phi) is 3.99. The van der Waals surface area contributed by atoms with Crippen LogP contribution in [-0.2, 0) is 9.59 Å². The van der Waals surface area contributed by atoms with E-state index in [4.69, 9.17) is 5.73 Å². The average Bonchev–Trinajstić information content (AvgIpc) is 2.82. The van der Waals surface area contributed by atoms with Crippen LogP contribution in [0.5, 0.6) is 0 Å². The Labute approximate surface area is 102 Å². The molecule has 0 aliphatic carbocycles. The summed E-state index contributed by atoms with van der Waals surface area (Å²) in [7, 11) is 0. The summed E-state index contributed by atoms with van der Waals surface area (Å²) in [6.45, 7) is 2.50. The molecule has 17 heavy (non-hydrogen) atoms. The second kappa shape index (κ2) is 5.49. The number of piperidine rings is 1. The van der Waals surface area contributed by atoms with Crippen molar-refractivity contribution < 1.29 is 9.59 Å². The molecular weight excluding hydrogens is 218 g/mol. The summed E-state index contributed by atoms with van der Waals surface area (Å²) >= 11 is 0. The van der Waals surface area contributed by atoms with Crippen LogP contribution in [-0.4, -0.2) is 42.4 Å². The fourth-order valence-corrected chi connectivity index (χ4v) is 2.76. The van der Waals surface area contributed by atoms with E-state index in [0.717, 1.165) is 45.3 Å². The first-order valence-electron chi connectivity index (χ1n) is 6.47. The van der Waals surface area contributed by atoms with Gasteiger partial charge in [-0.25, -0.2) is 0 Å². The zero-order valence-electron chi connectivity index (χ0n) is 10.2. The topological polar surface area (TPSA) is 75.4 Å². The van der Waals surface area contributed by atoms with Crippen molar-refractivity contribution in [2.75, 3.05) is 19.6 Å². The van der Waals surface area contributed by atoms with Crippen molar-refractivity contribution in [2.45, 2.75) is 38.1 Å². The first kappa shape index (κ1) is 12.4. The molecule has 3 N–H and O–H groups in total. The van der Waals surface area contributed by atoms with Gasteiger partial charge in [-0.15, -0.1) is 0 Å². The summed E-state index contributed by atoms with van der Waals surface area (Å²) in [5.74, 6) is 0.375. The second-order valence-electron chi connectivity index (χ2n) is 5.09. The minimum atomic E-state index is -0.229. The van der Waals surface area contributed by atoms with Crippen LogP contribution in [0.4, 0.5) is 0 Å². The van der Waals surface area contributed by atoms with Gasteiger partial charge in [0.1, 0.15) is 0 Å². The second-order valence-corrected chi connectivity index (χ2v) is 5.09. The quantitative estimate of drug-likeness (QED) is 0.719. The zero-order valence-corrected chi connectivity index (χ0v) is 10.2. The van der Waals surface area contributed by atoms with E-state index in [0.29, 0.717) is 12.3 Å². The number of carbonyl (C=O) groups is 2. The van der Waals surface area contributed by atoms with Crippen LogP contribution in [0.1, 0.15) is 32.1 Å². The predicted octanol–water partition coefficient (Wildman–Crippen LogP) is -0.148. The fourth-order valence-electron chi connectivity index (χ4n) is 2.76. The smallest absolute Gasteiger partial charge is 0.239 e. The third kappa shape index (κ3) is 3.19. The number of amides is 2. The van der Waals surface area contributed by atoms with Gasteiger partial charge in [0.25, 0.3) is 0 Å². The number of hydrogen-bond donors (Lipinski definition) is 2. The normalized spacial score (nSPS) is 26.1. The molecule has 0 aromatic heterocycles. The Morgan fingerprint density at radius 3 is 2.47 bits per heavy atom. The van der Waals surface area contributed by atoms with Crippen LogP contribution >= 0.6 is 0 Å². The van der Waals surface area contributed by atoms with Crippen molar-refractivity contribution in [1.29, 1.82) is 0 Å². The van der Waals surface area contributed by atoms with E-state index in [1.807, 2.05) is 4.90 Å². The maximum Gasteiger partial charge on any atom is 0.239 e. The molecule has 0 unspecified atom stereocenters. The van der Waals surface area contributed by atoms with Gasteiger partial charge in [0, 0.05) is 19.5 Å². The average molecular weight is 239 g/mol. The lowest BCUT2D eigenvalue weighted by Crippen LogP contribution is -2.47. The van der Waals surface area contributed by atoms with E-state index in [1.165, 1.54) is 0 Å². The molecule has 0 aromatic rings. The van der Waals surface area contributed by atoms with Gasteiger partial charge in [-0.05, 0) is 38.1 Å². The minimum Gasteiger partial charge on any atom is -0.370 e. The van der Waals surface area contributed by atoms with E-state index in [-0.39, 0.29) is 17.9 Å². The molecule has 2 aliphatic heterocycles. The highest BCUT2D eigenvalue weighted by Crippen LogP contribution is 2.21. The molecule has 2 heterocycles. The van der Waals surface area contributed by atoms with Crippen LogP contribution in [0.25, 0.3) is 0 Å². The molecule has 0 spiro atoms. The summed E-state index contributed by atoms with van der Waals surface area (Å²) in [5, 5.41) is 3.23. The first-order chi connectivity index (χ1) is 8.16. The Morgan fingerprint density at radius 1 is 1.24 bits per heavy atom. The van der Waals surface area contributed by atoms with Crippen molar-refractivity contribution in [2.24, 2.45) is 11.7 Å². The Hall–Kier alpha value is -1.10. The summed E-state index contributed by atoms with van der Waals surface area (Å²) in [6.07, 6.45) is 4.32. The van der Waals surface area contributed by atoms with E-state index in [9.17, 15) is 9.59 Å². The van der Waals surface area contributed by atoms with E-state index < -0.39 is 0 Å². The van der Waals surface area contributed by atoms with Gasteiger partial charge in [-0.1, -0.05) is 0 Å². The SMILES string of the molecule is NC(=O)CC1CCN(C(=O)[C@H]2CCCN2)CC1. The molecule has 2 aliphatic rings. The van der Waals surface area contributed by atoms with Crippen LogP contribution < -0.4 is 11.1 Å². The highest BCUT2D eigenvalue weighted by atomic mass is 16.2. The third-order valence-electron chi connectivity index (χ3n) is 3.77. The first-order valence-corrected chi connectivity index (χ1v) is 6.47. The Morgan fingerprint density at radius 2 is 1.94 bits per heavy atom. The van der Waals surface area contributed by atoms with Crippen molar-refractivity contribution >= 4 is 11.8 Å². The largest absolute Gasteiger partial charge is 0.370 e. The standard InChI is InChI=1S/C12H21N3O2/c13-11(16)8-9-3-6-15(7-4-9)12(17)10-2-1-5-14-10/h9-10,14H,1-8H2,(H2,13,16)/t10-/m1/s1. The molecule has 5 heteroatoms. The van der Waals surface area contributed by atoms with Gasteiger partial charge in [-0.2, -0.15) is 0 Å². The Balaban J connectivity index is 1.78. The number of likely N-dealkylation sites (tertiary alicyclic amines) is 1. The number of nitrogens with one attached hydrogen (secondary N) is 1. The van der Waals surface area contributed by atoms with Crippen molar-refractivity contribution in [3.05, 3.63) is 0 Å². The summed E-state index contributed by atoms with van der Waals surface area (Å²) in [4.78, 5) is 24.9. The fraction of sp³-hybridized carbons (Fsp3) is 0.833. The number of primary amides is 1. The van der Waals surface area contributed by atoms with E-state index in [2.05, 4.69) is 5.32 Å². The monoisotopic (exact) mass is 239 g/mol. The van der Waals surface area contributed by atoms with E-state index >= 15 is 0 Å². The lowest BCUT2D eigenvalue weighted by atomic mass is 9.93. The van der Waals surface area contributed by atoms with E-state index in [1.54, 1.807) is 0 Å². The van der Waals surface area contributed by atoms with Crippen molar-refractivity contribution in [3.8, 4) is 0 Å². The lowest BCUT2D eigenvalue weighted by molar-refractivity contribution is -0.134. The maximum absolute atomic E-state index is 12.1. The highest BCUT2D eigenvalue weighted by Gasteiger charge is 2.29. The number of nitrogens with two attached hydrogens (primary N) is 1. The lowest BCUT2D eigenvalue weighted by Gasteiger charge is -2.33. The van der Waals surface area contributed by atoms with Crippen LogP contribution in [0.2, 0.25) is 0 Å². The minimum absolute atomic E-state index is 0.0303. The molecule has 0 radical (unpaired) electrons. The summed E-state index contributed by atoms with van der Waals surface area (Å²) in [5.41, 5.74) is 5.19. The number of hydrogen-bond acceptors (Lipinski definition) is 3. The van der Waals surface area contributed by atoms with Crippen LogP contribution in [0, 0.1) is 5.92 Å². The van der Waals surface area contributed by atoms with Gasteiger partial charge in [0.05, 0.1) is 6.04 Å². The summed E-state index contributed by atoms with van der Waals surface area (Å²) in [6, 6.07) is 0.0303. The van der Waals surface area contributed by atoms with Gasteiger partial charge in [0.15, 0.2) is 0 Å². The summed E-state index contributed by atoms with van der Waals surface area (Å²) < 4.78 is 0. The van der Waals surface area contributed by atoms with Crippen molar-refractivity contribution in [1.82, 2.24) is 10.2 Å². The molecule has 96 valence electrons. The molecule has 2 amide bonds. The molecule has 1 atom stereocenters. The molecule has 0 bridgehead atoms. The molecule has 2 saturated heterocycles. The van der Waals surface area contributed by atoms with Gasteiger partial charge in [-0.3, -0.25) is 9.59 Å².